The highest BCUT2D eigenvalue weighted by Gasteiger charge is 2.24. The van der Waals surface area contributed by atoms with Crippen LogP contribution in [0.3, 0.4) is 0 Å². The standard InChI is InChI=1S/C20H22N4O.HI/c21-20(23-17-8-7-15-4-2-5-16(15)12-17)22-13-14-3-1-6-18(11-14)24-10-9-19(24)25;/h1,3,6-8,11-12H,2,4-5,9-10,13H2,(H3,21,22,23);1H. The van der Waals surface area contributed by atoms with E-state index in [-0.39, 0.29) is 29.9 Å². The van der Waals surface area contributed by atoms with Crippen LogP contribution in [-0.4, -0.2) is 18.4 Å². The third kappa shape index (κ3) is 4.00. The minimum atomic E-state index is 0. The summed E-state index contributed by atoms with van der Waals surface area (Å²) >= 11 is 0. The second kappa shape index (κ2) is 8.07. The van der Waals surface area contributed by atoms with Gasteiger partial charge in [0, 0.05) is 24.3 Å². The molecular formula is C20H23IN4O. The number of hydrogen-bond acceptors (Lipinski definition) is 2. The van der Waals surface area contributed by atoms with Crippen LogP contribution in [0.1, 0.15) is 29.5 Å². The van der Waals surface area contributed by atoms with Gasteiger partial charge in [-0.25, -0.2) is 4.99 Å². The molecule has 1 heterocycles. The van der Waals surface area contributed by atoms with Crippen molar-refractivity contribution in [3.05, 3.63) is 59.2 Å². The largest absolute Gasteiger partial charge is 0.370 e. The summed E-state index contributed by atoms with van der Waals surface area (Å²) in [7, 11) is 0. The highest BCUT2D eigenvalue weighted by molar-refractivity contribution is 14.0. The fourth-order valence-corrected chi connectivity index (χ4v) is 3.42. The van der Waals surface area contributed by atoms with E-state index >= 15 is 0 Å². The summed E-state index contributed by atoms with van der Waals surface area (Å²) in [5, 5.41) is 3.17. The van der Waals surface area contributed by atoms with Gasteiger partial charge in [0.15, 0.2) is 5.96 Å². The zero-order valence-corrected chi connectivity index (χ0v) is 16.9. The van der Waals surface area contributed by atoms with Gasteiger partial charge in [-0.1, -0.05) is 18.2 Å². The van der Waals surface area contributed by atoms with Gasteiger partial charge < -0.3 is 16.0 Å². The van der Waals surface area contributed by atoms with Crippen molar-refractivity contribution < 1.29 is 4.79 Å². The first kappa shape index (κ1) is 18.7. The van der Waals surface area contributed by atoms with Crippen molar-refractivity contribution in [2.45, 2.75) is 32.2 Å². The van der Waals surface area contributed by atoms with E-state index in [1.165, 1.54) is 24.0 Å². The predicted octanol–water partition coefficient (Wildman–Crippen LogP) is 3.46. The van der Waals surface area contributed by atoms with Crippen LogP contribution in [0.2, 0.25) is 0 Å². The lowest BCUT2D eigenvalue weighted by Crippen LogP contribution is -2.43. The molecule has 6 heteroatoms. The number of halogens is 1. The van der Waals surface area contributed by atoms with E-state index in [2.05, 4.69) is 28.5 Å². The van der Waals surface area contributed by atoms with Gasteiger partial charge in [0.2, 0.25) is 5.91 Å². The summed E-state index contributed by atoms with van der Waals surface area (Å²) in [4.78, 5) is 17.8. The van der Waals surface area contributed by atoms with Crippen LogP contribution in [-0.2, 0) is 24.2 Å². The third-order valence-electron chi connectivity index (χ3n) is 4.88. The van der Waals surface area contributed by atoms with Gasteiger partial charge in [-0.3, -0.25) is 4.79 Å². The van der Waals surface area contributed by atoms with Gasteiger partial charge in [0.25, 0.3) is 0 Å². The minimum absolute atomic E-state index is 0. The number of aliphatic imine (C=N–C) groups is 1. The molecule has 2 aliphatic rings. The molecular weight excluding hydrogens is 439 g/mol. The number of carbonyl (C=O) groups is 1. The molecule has 5 nitrogen and oxygen atoms in total. The Balaban J connectivity index is 0.00000196. The number of hydrogen-bond donors (Lipinski definition) is 2. The Morgan fingerprint density at radius 3 is 2.73 bits per heavy atom. The number of carbonyl (C=O) groups excluding carboxylic acids is 1. The zero-order valence-electron chi connectivity index (χ0n) is 14.6. The van der Waals surface area contributed by atoms with Crippen molar-refractivity contribution in [3.63, 3.8) is 0 Å². The number of nitrogens with zero attached hydrogens (tertiary/aromatic N) is 2. The second-order valence-electron chi connectivity index (χ2n) is 6.63. The molecule has 136 valence electrons. The van der Waals surface area contributed by atoms with Crippen molar-refractivity contribution in [2.24, 2.45) is 10.7 Å². The number of fused-ring (bicyclic) bond motifs is 1. The first-order valence-electron chi connectivity index (χ1n) is 8.77. The van der Waals surface area contributed by atoms with Gasteiger partial charge in [-0.2, -0.15) is 0 Å². The van der Waals surface area contributed by atoms with E-state index in [0.29, 0.717) is 18.9 Å². The van der Waals surface area contributed by atoms with Crippen molar-refractivity contribution in [1.29, 1.82) is 0 Å². The number of nitrogens with one attached hydrogen (secondary N) is 1. The summed E-state index contributed by atoms with van der Waals surface area (Å²) in [6.45, 7) is 1.28. The Morgan fingerprint density at radius 1 is 1.12 bits per heavy atom. The maximum absolute atomic E-state index is 11.6. The highest BCUT2D eigenvalue weighted by Crippen LogP contribution is 2.25. The van der Waals surface area contributed by atoms with Crippen LogP contribution < -0.4 is 16.0 Å². The van der Waals surface area contributed by atoms with Crippen LogP contribution in [0.4, 0.5) is 11.4 Å². The summed E-state index contributed by atoms with van der Waals surface area (Å²) in [5.41, 5.74) is 11.8. The molecule has 0 unspecified atom stereocenters. The van der Waals surface area contributed by atoms with Gasteiger partial charge in [0.1, 0.15) is 0 Å². The van der Waals surface area contributed by atoms with Crippen molar-refractivity contribution in [3.8, 4) is 0 Å². The van der Waals surface area contributed by atoms with Gasteiger partial charge in [-0.05, 0) is 60.2 Å². The Kier molecular flexibility index (Phi) is 5.80. The number of rotatable bonds is 4. The van der Waals surface area contributed by atoms with Gasteiger partial charge in [-0.15, -0.1) is 24.0 Å². The molecule has 1 fully saturated rings. The van der Waals surface area contributed by atoms with Crippen LogP contribution in [0.5, 0.6) is 0 Å². The smallest absolute Gasteiger partial charge is 0.228 e. The zero-order chi connectivity index (χ0) is 17.2. The van der Waals surface area contributed by atoms with Gasteiger partial charge >= 0.3 is 0 Å². The molecule has 0 saturated carbocycles. The minimum Gasteiger partial charge on any atom is -0.370 e. The molecule has 1 saturated heterocycles. The number of anilines is 2. The number of guanidine groups is 1. The maximum atomic E-state index is 11.6. The molecule has 1 aliphatic heterocycles. The molecule has 0 atom stereocenters. The highest BCUT2D eigenvalue weighted by atomic mass is 127. The molecule has 4 rings (SSSR count). The topological polar surface area (TPSA) is 70.7 Å². The summed E-state index contributed by atoms with van der Waals surface area (Å²) in [6.07, 6.45) is 4.19. The molecule has 3 N–H and O–H groups in total. The molecule has 0 spiro atoms. The third-order valence-corrected chi connectivity index (χ3v) is 4.88. The van der Waals surface area contributed by atoms with Crippen molar-refractivity contribution in [2.75, 3.05) is 16.8 Å². The number of amides is 1. The van der Waals surface area contributed by atoms with Crippen molar-refractivity contribution >= 4 is 47.2 Å². The SMILES string of the molecule is I.NC(=NCc1cccc(N2CCC2=O)c1)Nc1ccc2c(c1)CCC2. The van der Waals surface area contributed by atoms with E-state index in [1.54, 1.807) is 4.90 Å². The van der Waals surface area contributed by atoms with Crippen LogP contribution in [0, 0.1) is 0 Å². The van der Waals surface area contributed by atoms with Crippen LogP contribution >= 0.6 is 24.0 Å². The van der Waals surface area contributed by atoms with Gasteiger partial charge in [0.05, 0.1) is 6.54 Å². The van der Waals surface area contributed by atoms with E-state index in [9.17, 15) is 4.79 Å². The lowest BCUT2D eigenvalue weighted by Gasteiger charge is -2.30. The molecule has 2 aromatic rings. The molecule has 0 bridgehead atoms. The Bertz CT molecular complexity index is 849. The number of nitrogens with two attached hydrogens (primary N) is 1. The molecule has 26 heavy (non-hydrogen) atoms. The molecule has 0 radical (unpaired) electrons. The fraction of sp³-hybridized carbons (Fsp3) is 0.300. The number of β-lactam (4-membered cyclic amide) rings is 1. The predicted molar refractivity (Wildman–Crippen MR) is 116 cm³/mol. The van der Waals surface area contributed by atoms with Crippen LogP contribution in [0.15, 0.2) is 47.5 Å². The van der Waals surface area contributed by atoms with E-state index in [0.717, 1.165) is 29.9 Å². The van der Waals surface area contributed by atoms with Crippen molar-refractivity contribution in [1.82, 2.24) is 0 Å². The van der Waals surface area contributed by atoms with E-state index in [4.69, 9.17) is 5.73 Å². The normalized spacial score (nSPS) is 15.9. The van der Waals surface area contributed by atoms with E-state index < -0.39 is 0 Å². The molecule has 0 aromatic heterocycles. The number of aryl methyl sites for hydroxylation is 2. The van der Waals surface area contributed by atoms with E-state index in [1.807, 2.05) is 24.3 Å². The lowest BCUT2D eigenvalue weighted by atomic mass is 10.1. The Labute approximate surface area is 170 Å². The lowest BCUT2D eigenvalue weighted by molar-refractivity contribution is -0.122. The Hall–Kier alpha value is -2.09. The second-order valence-corrected chi connectivity index (χ2v) is 6.63. The average molecular weight is 462 g/mol. The molecule has 2 aromatic carbocycles. The van der Waals surface area contributed by atoms with Crippen LogP contribution in [0.25, 0.3) is 0 Å². The monoisotopic (exact) mass is 462 g/mol. The summed E-state index contributed by atoms with van der Waals surface area (Å²) in [6, 6.07) is 14.3. The number of benzene rings is 2. The first-order chi connectivity index (χ1) is 12.2. The molecule has 1 aliphatic carbocycles. The first-order valence-corrected chi connectivity index (χ1v) is 8.77. The average Bonchev–Trinajstić information content (AvgIpc) is 3.07. The fourth-order valence-electron chi connectivity index (χ4n) is 3.42. The molecule has 1 amide bonds. The Morgan fingerprint density at radius 2 is 1.96 bits per heavy atom. The summed E-state index contributed by atoms with van der Waals surface area (Å²) in [5.74, 6) is 0.585. The summed E-state index contributed by atoms with van der Waals surface area (Å²) < 4.78 is 0. The maximum Gasteiger partial charge on any atom is 0.228 e. The quantitative estimate of drug-likeness (QED) is 0.317.